The highest BCUT2D eigenvalue weighted by Crippen LogP contribution is 2.31. The molecule has 2 heterocycles. The van der Waals surface area contributed by atoms with Crippen LogP contribution in [0, 0.1) is 5.82 Å². The molecular weight excluding hydrogens is 431 g/mol. The van der Waals surface area contributed by atoms with Gasteiger partial charge in [-0.1, -0.05) is 18.2 Å². The van der Waals surface area contributed by atoms with Gasteiger partial charge in [-0.2, -0.15) is 10.2 Å². The summed E-state index contributed by atoms with van der Waals surface area (Å²) in [5, 5.41) is 11.9. The molecule has 0 bridgehead atoms. The zero-order valence-electron chi connectivity index (χ0n) is 18.7. The van der Waals surface area contributed by atoms with Crippen LogP contribution in [0.25, 0.3) is 10.9 Å². The molecular formula is C24H26F3N5O. The Kier molecular flexibility index (Phi) is 6.51. The summed E-state index contributed by atoms with van der Waals surface area (Å²) in [5.74, 6) is -1.03. The van der Waals surface area contributed by atoms with Crippen molar-refractivity contribution >= 4 is 22.5 Å². The Morgan fingerprint density at radius 1 is 1.24 bits per heavy atom. The molecule has 1 aromatic heterocycles. The predicted molar refractivity (Wildman–Crippen MR) is 121 cm³/mol. The Balaban J connectivity index is 1.62. The van der Waals surface area contributed by atoms with Crippen molar-refractivity contribution < 1.29 is 18.0 Å². The van der Waals surface area contributed by atoms with E-state index < -0.39 is 23.8 Å². The van der Waals surface area contributed by atoms with Crippen molar-refractivity contribution in [3.05, 3.63) is 65.1 Å². The minimum Gasteiger partial charge on any atom is -0.377 e. The summed E-state index contributed by atoms with van der Waals surface area (Å²) < 4.78 is 40.8. The third-order valence-electron chi connectivity index (χ3n) is 6.25. The van der Waals surface area contributed by atoms with E-state index in [1.165, 1.54) is 18.3 Å². The van der Waals surface area contributed by atoms with Gasteiger partial charge in [-0.3, -0.25) is 4.79 Å². The number of hydrogen-bond acceptors (Lipinski definition) is 5. The summed E-state index contributed by atoms with van der Waals surface area (Å²) in [6, 6.07) is 8.67. The molecule has 1 amide bonds. The smallest absolute Gasteiger partial charge is 0.266 e. The molecule has 4 rings (SSSR count). The second-order valence-electron chi connectivity index (χ2n) is 8.53. The van der Waals surface area contributed by atoms with Gasteiger partial charge in [-0.25, -0.2) is 13.2 Å². The summed E-state index contributed by atoms with van der Waals surface area (Å²) in [7, 11) is 3.84. The minimum absolute atomic E-state index is 0.0938. The van der Waals surface area contributed by atoms with Crippen LogP contribution in [0.2, 0.25) is 0 Å². The Morgan fingerprint density at radius 3 is 2.70 bits per heavy atom. The normalized spacial score (nSPS) is 17.5. The van der Waals surface area contributed by atoms with Gasteiger partial charge in [0, 0.05) is 36.1 Å². The quantitative estimate of drug-likeness (QED) is 0.584. The zero-order valence-corrected chi connectivity index (χ0v) is 18.7. The van der Waals surface area contributed by atoms with Crippen molar-refractivity contribution in [1.82, 2.24) is 20.0 Å². The number of hydrogen-bond donors (Lipinski definition) is 1. The van der Waals surface area contributed by atoms with E-state index in [4.69, 9.17) is 0 Å². The van der Waals surface area contributed by atoms with Crippen LogP contribution < -0.4 is 5.32 Å². The monoisotopic (exact) mass is 457 g/mol. The summed E-state index contributed by atoms with van der Waals surface area (Å²) in [6.45, 7) is 3.46. The molecule has 2 aromatic carbocycles. The molecule has 1 unspecified atom stereocenters. The highest BCUT2D eigenvalue weighted by Gasteiger charge is 2.27. The number of likely N-dealkylation sites (N-methyl/N-ethyl adjacent to an activating group) is 2. The number of halogens is 3. The van der Waals surface area contributed by atoms with Gasteiger partial charge in [0.15, 0.2) is 0 Å². The number of rotatable bonds is 6. The largest absolute Gasteiger partial charge is 0.377 e. The molecule has 1 aliphatic rings. The lowest BCUT2D eigenvalue weighted by Gasteiger charge is -2.25. The van der Waals surface area contributed by atoms with Crippen molar-refractivity contribution in [2.45, 2.75) is 31.9 Å². The first-order valence-electron chi connectivity index (χ1n) is 10.8. The van der Waals surface area contributed by atoms with Crippen LogP contribution in [0.3, 0.4) is 0 Å². The van der Waals surface area contributed by atoms with E-state index in [1.807, 2.05) is 7.05 Å². The molecule has 1 fully saturated rings. The van der Waals surface area contributed by atoms with E-state index in [-0.39, 0.29) is 17.5 Å². The standard InChI is InChI=1S/C24H26F3N5O/c1-14(17-5-4-6-18(22(17)25)23(26)27)29-21-12-28-30-20-8-7-15(11-19(20)21)24(33)32(3)16-9-10-31(2)13-16/h4-8,11-12,14,16,23H,9-10,13H2,1-3H3,(H,29,30)/t14-,16?/m1/s1. The van der Waals surface area contributed by atoms with E-state index in [0.29, 0.717) is 22.2 Å². The van der Waals surface area contributed by atoms with Crippen molar-refractivity contribution in [3.63, 3.8) is 0 Å². The second-order valence-corrected chi connectivity index (χ2v) is 8.53. The fourth-order valence-electron chi connectivity index (χ4n) is 4.29. The molecule has 1 N–H and O–H groups in total. The third-order valence-corrected chi connectivity index (χ3v) is 6.25. The molecule has 2 atom stereocenters. The molecule has 1 aliphatic heterocycles. The van der Waals surface area contributed by atoms with Crippen molar-refractivity contribution in [2.24, 2.45) is 0 Å². The number of fused-ring (bicyclic) bond motifs is 1. The van der Waals surface area contributed by atoms with E-state index in [1.54, 1.807) is 37.1 Å². The van der Waals surface area contributed by atoms with E-state index in [0.717, 1.165) is 25.6 Å². The predicted octanol–water partition coefficient (Wildman–Crippen LogP) is 4.66. The number of likely N-dealkylation sites (tertiary alicyclic amines) is 1. The first kappa shape index (κ1) is 23.0. The van der Waals surface area contributed by atoms with Crippen LogP contribution in [0.5, 0.6) is 0 Å². The van der Waals surface area contributed by atoms with Gasteiger partial charge in [-0.05, 0) is 45.1 Å². The van der Waals surface area contributed by atoms with Crippen LogP contribution in [0.1, 0.15) is 47.3 Å². The number of nitrogens with zero attached hydrogens (tertiary/aromatic N) is 4. The summed E-state index contributed by atoms with van der Waals surface area (Å²) in [5.41, 5.74) is 1.10. The summed E-state index contributed by atoms with van der Waals surface area (Å²) in [6.07, 6.45) is -0.492. The van der Waals surface area contributed by atoms with Gasteiger partial charge in [0.1, 0.15) is 5.82 Å². The van der Waals surface area contributed by atoms with Crippen LogP contribution >= 0.6 is 0 Å². The lowest BCUT2D eigenvalue weighted by atomic mass is 10.0. The number of aromatic nitrogens is 2. The average molecular weight is 458 g/mol. The highest BCUT2D eigenvalue weighted by molar-refractivity contribution is 6.00. The number of nitrogens with one attached hydrogen (secondary N) is 1. The van der Waals surface area contributed by atoms with Gasteiger partial charge in [-0.15, -0.1) is 0 Å². The van der Waals surface area contributed by atoms with E-state index >= 15 is 0 Å². The van der Waals surface area contributed by atoms with Crippen LogP contribution in [0.4, 0.5) is 18.9 Å². The van der Waals surface area contributed by atoms with Crippen LogP contribution in [-0.4, -0.2) is 59.1 Å². The maximum Gasteiger partial charge on any atom is 0.266 e. The van der Waals surface area contributed by atoms with Gasteiger partial charge in [0.05, 0.1) is 29.0 Å². The molecule has 6 nitrogen and oxygen atoms in total. The van der Waals surface area contributed by atoms with Crippen molar-refractivity contribution in [3.8, 4) is 0 Å². The fraction of sp³-hybridized carbons (Fsp3) is 0.375. The molecule has 9 heteroatoms. The van der Waals surface area contributed by atoms with Gasteiger partial charge in [0.25, 0.3) is 12.3 Å². The molecule has 0 aliphatic carbocycles. The number of anilines is 1. The van der Waals surface area contributed by atoms with Crippen LogP contribution in [-0.2, 0) is 0 Å². The highest BCUT2D eigenvalue weighted by atomic mass is 19.3. The van der Waals surface area contributed by atoms with E-state index in [9.17, 15) is 18.0 Å². The third kappa shape index (κ3) is 4.64. The maximum atomic E-state index is 14.6. The Morgan fingerprint density at radius 2 is 2.00 bits per heavy atom. The first-order valence-corrected chi connectivity index (χ1v) is 10.8. The van der Waals surface area contributed by atoms with Gasteiger partial charge in [0.2, 0.25) is 0 Å². The topological polar surface area (TPSA) is 61.4 Å². The van der Waals surface area contributed by atoms with Crippen molar-refractivity contribution in [2.75, 3.05) is 32.5 Å². The summed E-state index contributed by atoms with van der Waals surface area (Å²) in [4.78, 5) is 17.1. The average Bonchev–Trinajstić information content (AvgIpc) is 3.24. The first-order chi connectivity index (χ1) is 15.8. The number of benzene rings is 2. The maximum absolute atomic E-state index is 14.6. The molecule has 33 heavy (non-hydrogen) atoms. The summed E-state index contributed by atoms with van der Waals surface area (Å²) >= 11 is 0. The van der Waals surface area contributed by atoms with E-state index in [2.05, 4.69) is 20.4 Å². The number of carbonyl (C=O) groups is 1. The Labute approximate surface area is 190 Å². The molecule has 174 valence electrons. The fourth-order valence-corrected chi connectivity index (χ4v) is 4.29. The second kappa shape index (κ2) is 9.35. The molecule has 0 radical (unpaired) electrons. The van der Waals surface area contributed by atoms with Gasteiger partial charge >= 0.3 is 0 Å². The van der Waals surface area contributed by atoms with Crippen LogP contribution in [0.15, 0.2) is 42.6 Å². The Hall–Kier alpha value is -3.20. The molecule has 0 saturated carbocycles. The number of amides is 1. The Bertz CT molecular complexity index is 1170. The number of carbonyl (C=O) groups excluding carboxylic acids is 1. The molecule has 1 saturated heterocycles. The SMILES string of the molecule is C[C@@H](Nc1cnnc2ccc(C(=O)N(C)C3CCN(C)C3)cc12)c1cccc(C(F)F)c1F. The molecule has 0 spiro atoms. The lowest BCUT2D eigenvalue weighted by molar-refractivity contribution is 0.0737. The lowest BCUT2D eigenvalue weighted by Crippen LogP contribution is -2.38. The molecule has 3 aromatic rings. The number of alkyl halides is 2. The van der Waals surface area contributed by atoms with Gasteiger partial charge < -0.3 is 15.1 Å². The minimum atomic E-state index is -2.90. The van der Waals surface area contributed by atoms with Crippen molar-refractivity contribution in [1.29, 1.82) is 0 Å². The zero-order chi connectivity index (χ0) is 23.7.